The van der Waals surface area contributed by atoms with E-state index in [0.29, 0.717) is 36.1 Å². The van der Waals surface area contributed by atoms with Crippen LogP contribution in [0, 0.1) is 17.0 Å². The SMILES string of the molecule is CCCCCC(=O)N1c2ccccc2NC2=C(C(=O)C[C@H](c3ccc(C)cc3)C2)[C@H]1c1cccc([N+](=O)[O-])c1. The molecule has 1 aliphatic heterocycles. The van der Waals surface area contributed by atoms with E-state index in [4.69, 9.17) is 0 Å². The molecule has 2 aliphatic rings. The number of carbonyl (C=O) groups excluding carboxylic acids is 2. The Morgan fingerprint density at radius 3 is 2.51 bits per heavy atom. The Kier molecular flexibility index (Phi) is 7.59. The van der Waals surface area contributed by atoms with Crippen molar-refractivity contribution in [2.75, 3.05) is 10.2 Å². The fraction of sp³-hybridized carbons (Fsp3) is 0.312. The molecule has 1 heterocycles. The van der Waals surface area contributed by atoms with Crippen molar-refractivity contribution in [2.45, 2.75) is 64.3 Å². The van der Waals surface area contributed by atoms with Gasteiger partial charge >= 0.3 is 0 Å². The smallest absolute Gasteiger partial charge is 0.269 e. The van der Waals surface area contributed by atoms with Crippen LogP contribution in [-0.4, -0.2) is 16.6 Å². The molecule has 0 unspecified atom stereocenters. The number of benzene rings is 3. The van der Waals surface area contributed by atoms with E-state index in [0.717, 1.165) is 41.8 Å². The number of unbranched alkanes of at least 4 members (excludes halogenated alkanes) is 2. The molecule has 0 spiro atoms. The van der Waals surface area contributed by atoms with Crippen molar-refractivity contribution in [1.82, 2.24) is 0 Å². The van der Waals surface area contributed by atoms with E-state index < -0.39 is 11.0 Å². The molecule has 0 saturated heterocycles. The zero-order valence-electron chi connectivity index (χ0n) is 22.4. The van der Waals surface area contributed by atoms with Crippen molar-refractivity contribution in [3.05, 3.63) is 111 Å². The summed E-state index contributed by atoms with van der Waals surface area (Å²) in [5.74, 6) is -0.157. The topological polar surface area (TPSA) is 92.6 Å². The Hall–Kier alpha value is -4.26. The van der Waals surface area contributed by atoms with Gasteiger partial charge in [-0.25, -0.2) is 0 Å². The molecule has 3 aromatic carbocycles. The van der Waals surface area contributed by atoms with Crippen LogP contribution in [0.5, 0.6) is 0 Å². The predicted octanol–water partition coefficient (Wildman–Crippen LogP) is 7.38. The zero-order valence-corrected chi connectivity index (χ0v) is 22.4. The van der Waals surface area contributed by atoms with Crippen LogP contribution in [0.4, 0.5) is 17.1 Å². The van der Waals surface area contributed by atoms with Gasteiger partial charge in [-0.2, -0.15) is 0 Å². The van der Waals surface area contributed by atoms with Crippen LogP contribution in [0.2, 0.25) is 0 Å². The highest BCUT2D eigenvalue weighted by Gasteiger charge is 2.41. The number of nitrogens with one attached hydrogen (secondary N) is 1. The minimum absolute atomic E-state index is 0.00548. The van der Waals surface area contributed by atoms with Crippen LogP contribution in [0.3, 0.4) is 0 Å². The summed E-state index contributed by atoms with van der Waals surface area (Å²) in [6, 6.07) is 21.4. The molecule has 1 aliphatic carbocycles. The lowest BCUT2D eigenvalue weighted by molar-refractivity contribution is -0.384. The lowest BCUT2D eigenvalue weighted by atomic mass is 9.78. The molecule has 200 valence electrons. The zero-order chi connectivity index (χ0) is 27.5. The molecule has 2 atom stereocenters. The van der Waals surface area contributed by atoms with Crippen molar-refractivity contribution in [3.8, 4) is 0 Å². The second-order valence-electron chi connectivity index (χ2n) is 10.4. The van der Waals surface area contributed by atoms with Gasteiger partial charge in [-0.3, -0.25) is 24.6 Å². The number of Topliss-reactive ketones (excluding diaryl/α,β-unsaturated/α-hetero) is 1. The summed E-state index contributed by atoms with van der Waals surface area (Å²) in [4.78, 5) is 40.9. The first kappa shape index (κ1) is 26.4. The summed E-state index contributed by atoms with van der Waals surface area (Å²) < 4.78 is 0. The summed E-state index contributed by atoms with van der Waals surface area (Å²) >= 11 is 0. The first-order valence-electron chi connectivity index (χ1n) is 13.6. The van der Waals surface area contributed by atoms with Gasteiger partial charge < -0.3 is 5.32 Å². The number of allylic oxidation sites excluding steroid dienone is 1. The van der Waals surface area contributed by atoms with Crippen molar-refractivity contribution >= 4 is 28.8 Å². The number of non-ortho nitro benzene ring substituents is 1. The maximum absolute atomic E-state index is 14.0. The van der Waals surface area contributed by atoms with Gasteiger partial charge in [0.1, 0.15) is 0 Å². The molecule has 0 fully saturated rings. The van der Waals surface area contributed by atoms with E-state index in [9.17, 15) is 19.7 Å². The van der Waals surface area contributed by atoms with E-state index in [1.165, 1.54) is 12.1 Å². The van der Waals surface area contributed by atoms with Gasteiger partial charge in [-0.05, 0) is 48.9 Å². The molecule has 0 bridgehead atoms. The average Bonchev–Trinajstić information content (AvgIpc) is 3.08. The Balaban J connectivity index is 1.68. The number of fused-ring (bicyclic) bond motifs is 1. The third kappa shape index (κ3) is 5.35. The standard InChI is InChI=1S/C32H33N3O4/c1-3-4-5-13-30(37)34-28-12-7-6-11-26(28)33-27-19-24(22-16-14-21(2)15-17-22)20-29(36)31(27)32(34)23-9-8-10-25(18-23)35(38)39/h6-12,14-18,24,32-33H,3-5,13,19-20H2,1-2H3/t24-,32-/m1/s1. The Morgan fingerprint density at radius 2 is 1.77 bits per heavy atom. The fourth-order valence-corrected chi connectivity index (χ4v) is 5.71. The summed E-state index contributed by atoms with van der Waals surface area (Å²) in [7, 11) is 0. The molecule has 39 heavy (non-hydrogen) atoms. The van der Waals surface area contributed by atoms with E-state index >= 15 is 0 Å². The Morgan fingerprint density at radius 1 is 1.00 bits per heavy atom. The molecule has 7 heteroatoms. The molecule has 1 N–H and O–H groups in total. The van der Waals surface area contributed by atoms with Gasteiger partial charge in [0, 0.05) is 36.2 Å². The number of nitrogens with zero attached hydrogens (tertiary/aromatic N) is 2. The van der Waals surface area contributed by atoms with Gasteiger partial charge in [0.25, 0.3) is 5.69 Å². The van der Waals surface area contributed by atoms with E-state index in [1.54, 1.807) is 17.0 Å². The Labute approximate surface area is 228 Å². The monoisotopic (exact) mass is 523 g/mol. The molecular weight excluding hydrogens is 490 g/mol. The predicted molar refractivity (Wildman–Crippen MR) is 153 cm³/mol. The molecular formula is C32H33N3O4. The Bertz CT molecular complexity index is 1440. The third-order valence-corrected chi connectivity index (χ3v) is 7.70. The summed E-state index contributed by atoms with van der Waals surface area (Å²) in [5.41, 5.74) is 5.44. The maximum atomic E-state index is 14.0. The van der Waals surface area contributed by atoms with Crippen LogP contribution in [0.25, 0.3) is 0 Å². The second kappa shape index (κ2) is 11.2. The number of amides is 1. The van der Waals surface area contributed by atoms with Crippen molar-refractivity contribution in [3.63, 3.8) is 0 Å². The third-order valence-electron chi connectivity index (χ3n) is 7.70. The number of carbonyl (C=O) groups is 2. The number of aryl methyl sites for hydroxylation is 1. The van der Waals surface area contributed by atoms with Gasteiger partial charge in [0.2, 0.25) is 5.91 Å². The van der Waals surface area contributed by atoms with Gasteiger partial charge in [-0.1, -0.05) is 73.9 Å². The summed E-state index contributed by atoms with van der Waals surface area (Å²) in [5, 5.41) is 15.2. The largest absolute Gasteiger partial charge is 0.357 e. The van der Waals surface area contributed by atoms with E-state index in [2.05, 4.69) is 36.5 Å². The molecule has 0 saturated carbocycles. The molecule has 5 rings (SSSR count). The highest BCUT2D eigenvalue weighted by Crippen LogP contribution is 2.48. The highest BCUT2D eigenvalue weighted by molar-refractivity contribution is 6.06. The van der Waals surface area contributed by atoms with Crippen LogP contribution in [0.1, 0.15) is 74.1 Å². The highest BCUT2D eigenvalue weighted by atomic mass is 16.6. The van der Waals surface area contributed by atoms with E-state index in [-0.39, 0.29) is 23.3 Å². The fourth-order valence-electron chi connectivity index (χ4n) is 5.71. The van der Waals surface area contributed by atoms with Crippen LogP contribution in [0.15, 0.2) is 84.1 Å². The molecule has 3 aromatic rings. The molecule has 0 radical (unpaired) electrons. The molecule has 0 aromatic heterocycles. The first-order valence-corrected chi connectivity index (χ1v) is 13.6. The number of nitro benzene ring substituents is 1. The number of rotatable bonds is 7. The minimum atomic E-state index is -0.767. The number of para-hydroxylation sites is 2. The second-order valence-corrected chi connectivity index (χ2v) is 10.4. The van der Waals surface area contributed by atoms with Crippen molar-refractivity contribution in [1.29, 1.82) is 0 Å². The molecule has 7 nitrogen and oxygen atoms in total. The normalized spacial score (nSPS) is 18.6. The van der Waals surface area contributed by atoms with Gasteiger partial charge in [-0.15, -0.1) is 0 Å². The number of nitro groups is 1. The van der Waals surface area contributed by atoms with Crippen LogP contribution >= 0.6 is 0 Å². The number of anilines is 2. The van der Waals surface area contributed by atoms with Crippen molar-refractivity contribution < 1.29 is 14.5 Å². The van der Waals surface area contributed by atoms with Crippen molar-refractivity contribution in [2.24, 2.45) is 0 Å². The quantitative estimate of drug-likeness (QED) is 0.198. The number of hydrogen-bond donors (Lipinski definition) is 1. The van der Waals surface area contributed by atoms with Crippen LogP contribution in [-0.2, 0) is 9.59 Å². The lowest BCUT2D eigenvalue weighted by Gasteiger charge is -2.35. The minimum Gasteiger partial charge on any atom is -0.357 e. The summed E-state index contributed by atoms with van der Waals surface area (Å²) in [6.07, 6.45) is 3.87. The lowest BCUT2D eigenvalue weighted by Crippen LogP contribution is -2.38. The molecule has 1 amide bonds. The van der Waals surface area contributed by atoms with Gasteiger partial charge in [0.15, 0.2) is 5.78 Å². The number of hydrogen-bond acceptors (Lipinski definition) is 5. The first-order chi connectivity index (χ1) is 18.9. The average molecular weight is 524 g/mol. The number of ketones is 1. The van der Waals surface area contributed by atoms with Crippen LogP contribution < -0.4 is 10.2 Å². The summed E-state index contributed by atoms with van der Waals surface area (Å²) in [6.45, 7) is 4.12. The maximum Gasteiger partial charge on any atom is 0.269 e. The van der Waals surface area contributed by atoms with Gasteiger partial charge in [0.05, 0.1) is 22.3 Å². The van der Waals surface area contributed by atoms with E-state index in [1.807, 2.05) is 31.2 Å².